The summed E-state index contributed by atoms with van der Waals surface area (Å²) in [6.07, 6.45) is 0. The van der Waals surface area contributed by atoms with Crippen molar-refractivity contribution < 1.29 is 53.2 Å². The summed E-state index contributed by atoms with van der Waals surface area (Å²) < 4.78 is 13.9. The summed E-state index contributed by atoms with van der Waals surface area (Å²) in [6.45, 7) is -0.742. The molecule has 0 saturated heterocycles. The third-order valence-electron chi connectivity index (χ3n) is 1.45. The van der Waals surface area contributed by atoms with Crippen molar-refractivity contribution in [3.63, 3.8) is 0 Å². The van der Waals surface area contributed by atoms with Gasteiger partial charge in [0, 0.05) is 5.56 Å². The first kappa shape index (κ1) is 15.0. The van der Waals surface area contributed by atoms with Gasteiger partial charge in [0.25, 0.3) is 0 Å². The van der Waals surface area contributed by atoms with E-state index in [9.17, 15) is 19.1 Å². The molecule has 0 amide bonds. The van der Waals surface area contributed by atoms with E-state index >= 15 is 0 Å². The molecule has 0 fully saturated rings. The minimum atomic E-state index is -5.06. The van der Waals surface area contributed by atoms with Crippen LogP contribution in [0.4, 0.5) is 0 Å². The number of benzene rings is 1. The molecule has 0 aliphatic heterocycles. The van der Waals surface area contributed by atoms with Crippen molar-refractivity contribution in [2.45, 2.75) is 0 Å². The van der Waals surface area contributed by atoms with E-state index in [-0.39, 0.29) is 29.6 Å². The molecule has 1 aromatic carbocycles. The first-order valence-electron chi connectivity index (χ1n) is 3.74. The fourth-order valence-corrected chi connectivity index (χ4v) is 1.12. The zero-order chi connectivity index (χ0) is 10.6. The van der Waals surface area contributed by atoms with Gasteiger partial charge in [0.15, 0.2) is 5.78 Å². The second-order valence-electron chi connectivity index (χ2n) is 2.51. The Labute approximate surface area is 109 Å². The molecule has 0 N–H and O–H groups in total. The monoisotopic (exact) mass is 237 g/mol. The third kappa shape index (κ3) is 6.22. The van der Waals surface area contributed by atoms with Crippen LogP contribution < -0.4 is 39.3 Å². The summed E-state index contributed by atoms with van der Waals surface area (Å²) in [4.78, 5) is 31.3. The predicted molar refractivity (Wildman–Crippen MR) is 44.3 cm³/mol. The molecule has 0 radical (unpaired) electrons. The Kier molecular flexibility index (Phi) is 6.55. The Balaban J connectivity index is 0.00000196. The Morgan fingerprint density at radius 2 is 1.80 bits per heavy atom. The molecule has 0 aliphatic rings. The molecule has 0 aliphatic carbocycles. The van der Waals surface area contributed by atoms with Crippen LogP contribution >= 0.6 is 7.82 Å². The van der Waals surface area contributed by atoms with E-state index in [0.29, 0.717) is 5.56 Å². The number of rotatable bonds is 4. The summed E-state index contributed by atoms with van der Waals surface area (Å²) in [6, 6.07) is 7.98. The van der Waals surface area contributed by atoms with E-state index in [1.165, 1.54) is 12.1 Å². The molecule has 7 heteroatoms. The molecule has 15 heavy (non-hydrogen) atoms. The molecule has 1 aromatic rings. The summed E-state index contributed by atoms with van der Waals surface area (Å²) >= 11 is 0. The molecule has 0 spiro atoms. The van der Waals surface area contributed by atoms with Crippen molar-refractivity contribution in [3.8, 4) is 0 Å². The average molecular weight is 237 g/mol. The van der Waals surface area contributed by atoms with Crippen LogP contribution in [0.2, 0.25) is 0 Å². The Hall–Kier alpha value is 0. The minimum absolute atomic E-state index is 0. The van der Waals surface area contributed by atoms with Gasteiger partial charge in [-0.15, -0.1) is 0 Å². The largest absolute Gasteiger partial charge is 1.00 e. The van der Waals surface area contributed by atoms with Crippen LogP contribution in [0, 0.1) is 0 Å². The SMILES string of the molecule is O=C(COP(=O)([O-])[O-])c1ccccc1.[Na+]. The Morgan fingerprint density at radius 3 is 2.27 bits per heavy atom. The van der Waals surface area contributed by atoms with Gasteiger partial charge < -0.3 is 18.9 Å². The van der Waals surface area contributed by atoms with Crippen LogP contribution in [0.3, 0.4) is 0 Å². The number of carbonyl (C=O) groups is 1. The van der Waals surface area contributed by atoms with E-state index in [1.54, 1.807) is 18.2 Å². The molecule has 76 valence electrons. The maximum atomic E-state index is 11.2. The molecule has 0 bridgehead atoms. The van der Waals surface area contributed by atoms with Crippen LogP contribution in [-0.2, 0) is 9.09 Å². The number of phosphoric acid groups is 1. The van der Waals surface area contributed by atoms with Crippen molar-refractivity contribution in [3.05, 3.63) is 35.9 Å². The smallest absolute Gasteiger partial charge is 0.790 e. The van der Waals surface area contributed by atoms with E-state index in [0.717, 1.165) is 0 Å². The zero-order valence-corrected chi connectivity index (χ0v) is 11.0. The van der Waals surface area contributed by atoms with Crippen LogP contribution in [0.25, 0.3) is 0 Å². The summed E-state index contributed by atoms with van der Waals surface area (Å²) in [7, 11) is -5.06. The molecule has 0 heterocycles. The van der Waals surface area contributed by atoms with Gasteiger partial charge in [-0.2, -0.15) is 0 Å². The zero-order valence-electron chi connectivity index (χ0n) is 8.08. The standard InChI is InChI=1S/C8H9O5P.Na/c9-8(6-13-14(10,11)12)7-4-2-1-3-5-7;/h1-5H,6H2,(H2,10,11,12);/q;+1/p-2. The first-order valence-corrected chi connectivity index (χ1v) is 5.20. The number of carbonyl (C=O) groups excluding carboxylic acids is 1. The molecule has 1 rings (SSSR count). The van der Waals surface area contributed by atoms with Gasteiger partial charge in [-0.05, 0) is 0 Å². The summed E-state index contributed by atoms with van der Waals surface area (Å²) in [5.41, 5.74) is 0.306. The van der Waals surface area contributed by atoms with Gasteiger partial charge in [-0.1, -0.05) is 30.3 Å². The van der Waals surface area contributed by atoms with Crippen LogP contribution in [0.5, 0.6) is 0 Å². The molecule has 0 unspecified atom stereocenters. The number of phosphoric ester groups is 1. The average Bonchev–Trinajstić information content (AvgIpc) is 2.14. The van der Waals surface area contributed by atoms with Crippen molar-refractivity contribution in [1.29, 1.82) is 0 Å². The number of hydrogen-bond donors (Lipinski definition) is 0. The Morgan fingerprint density at radius 1 is 1.27 bits per heavy atom. The first-order chi connectivity index (χ1) is 6.49. The fourth-order valence-electron chi connectivity index (χ4n) is 0.845. The van der Waals surface area contributed by atoms with Crippen LogP contribution in [-0.4, -0.2) is 12.4 Å². The number of hydrogen-bond acceptors (Lipinski definition) is 5. The van der Waals surface area contributed by atoms with Gasteiger partial charge in [-0.25, -0.2) is 0 Å². The fraction of sp³-hybridized carbons (Fsp3) is 0.125. The van der Waals surface area contributed by atoms with Crippen molar-refractivity contribution in [2.24, 2.45) is 0 Å². The predicted octanol–water partition coefficient (Wildman–Crippen LogP) is -3.28. The number of ketones is 1. The summed E-state index contributed by atoms with van der Waals surface area (Å²) in [5, 5.41) is 0. The van der Waals surface area contributed by atoms with Crippen molar-refractivity contribution in [2.75, 3.05) is 6.61 Å². The van der Waals surface area contributed by atoms with Crippen molar-refractivity contribution >= 4 is 13.6 Å². The number of Topliss-reactive ketones (excluding diaryl/α,β-unsaturated/α-hetero) is 1. The second-order valence-corrected chi connectivity index (χ2v) is 3.66. The van der Waals surface area contributed by atoms with Gasteiger partial charge in [0.2, 0.25) is 0 Å². The maximum Gasteiger partial charge on any atom is 1.00 e. The van der Waals surface area contributed by atoms with E-state index in [2.05, 4.69) is 4.52 Å². The molecule has 0 aromatic heterocycles. The molecular weight excluding hydrogens is 230 g/mol. The van der Waals surface area contributed by atoms with Gasteiger partial charge >= 0.3 is 29.6 Å². The van der Waals surface area contributed by atoms with Crippen molar-refractivity contribution in [1.82, 2.24) is 0 Å². The third-order valence-corrected chi connectivity index (χ3v) is 1.89. The quantitative estimate of drug-likeness (QED) is 0.311. The molecule has 0 atom stereocenters. The topological polar surface area (TPSA) is 89.5 Å². The van der Waals surface area contributed by atoms with E-state index < -0.39 is 20.2 Å². The maximum absolute atomic E-state index is 11.2. The Bertz CT molecular complexity index is 361. The van der Waals surface area contributed by atoms with E-state index in [1.807, 2.05) is 0 Å². The minimum Gasteiger partial charge on any atom is -0.790 e. The normalized spacial score (nSPS) is 10.5. The molecular formula is C8H7NaO5P-. The van der Waals surface area contributed by atoms with Crippen LogP contribution in [0.1, 0.15) is 10.4 Å². The van der Waals surface area contributed by atoms with Crippen LogP contribution in [0.15, 0.2) is 30.3 Å². The van der Waals surface area contributed by atoms with Gasteiger partial charge in [0.1, 0.15) is 6.61 Å². The molecule has 5 nitrogen and oxygen atoms in total. The van der Waals surface area contributed by atoms with Gasteiger partial charge in [0.05, 0.1) is 7.82 Å². The van der Waals surface area contributed by atoms with E-state index in [4.69, 9.17) is 0 Å². The molecule has 0 saturated carbocycles. The summed E-state index contributed by atoms with van der Waals surface area (Å²) in [5.74, 6) is -0.544. The second kappa shape index (κ2) is 6.55. The van der Waals surface area contributed by atoms with Gasteiger partial charge in [-0.3, -0.25) is 4.79 Å².